The van der Waals surface area contributed by atoms with Crippen LogP contribution in [0.4, 0.5) is 10.2 Å². The van der Waals surface area contributed by atoms with Crippen LogP contribution in [0.25, 0.3) is 27.6 Å². The van der Waals surface area contributed by atoms with Crippen LogP contribution in [-0.4, -0.2) is 90.1 Å². The molecule has 1 fully saturated rings. The van der Waals surface area contributed by atoms with Gasteiger partial charge in [0.15, 0.2) is 17.4 Å². The van der Waals surface area contributed by atoms with E-state index < -0.39 is 5.82 Å². The van der Waals surface area contributed by atoms with Crippen LogP contribution in [0.15, 0.2) is 55.0 Å². The number of rotatable bonds is 6. The summed E-state index contributed by atoms with van der Waals surface area (Å²) in [6.07, 6.45) is 7.59. The molecule has 2 aliphatic heterocycles. The number of aromatic nitrogens is 3. The number of fused-ring (bicyclic) bond motifs is 1. The smallest absolute Gasteiger partial charge is 0.270 e. The maximum atomic E-state index is 16.3. The summed E-state index contributed by atoms with van der Waals surface area (Å²) in [6.45, 7) is 4.53. The molecule has 11 heteroatoms. The SMILES string of the molecule is COc1cnccc1-c1cc(C2=CCCN(C(C)=O)C2)c(F)c2[nH]c(C(=O)N3CCN(c4ncccc4OC)CC3)cc12. The van der Waals surface area contributed by atoms with Crippen LogP contribution in [0.1, 0.15) is 29.4 Å². The molecule has 0 spiro atoms. The van der Waals surface area contributed by atoms with Crippen molar-refractivity contribution in [3.63, 3.8) is 0 Å². The summed E-state index contributed by atoms with van der Waals surface area (Å²) >= 11 is 0. The van der Waals surface area contributed by atoms with Crippen molar-refractivity contribution in [3.8, 4) is 22.6 Å². The number of pyridine rings is 2. The number of carbonyl (C=O) groups excluding carboxylic acids is 2. The summed E-state index contributed by atoms with van der Waals surface area (Å²) in [7, 11) is 3.17. The van der Waals surface area contributed by atoms with Gasteiger partial charge >= 0.3 is 0 Å². The van der Waals surface area contributed by atoms with Crippen LogP contribution in [-0.2, 0) is 4.79 Å². The summed E-state index contributed by atoms with van der Waals surface area (Å²) in [5.41, 5.74) is 3.05. The lowest BCUT2D eigenvalue weighted by Gasteiger charge is -2.35. The summed E-state index contributed by atoms with van der Waals surface area (Å²) in [5, 5.41) is 0.561. The minimum Gasteiger partial charge on any atom is -0.494 e. The Morgan fingerprint density at radius 3 is 2.47 bits per heavy atom. The van der Waals surface area contributed by atoms with Gasteiger partial charge in [-0.05, 0) is 47.9 Å². The van der Waals surface area contributed by atoms with Gasteiger partial charge in [-0.25, -0.2) is 9.37 Å². The maximum Gasteiger partial charge on any atom is 0.270 e. The van der Waals surface area contributed by atoms with E-state index in [-0.39, 0.29) is 17.3 Å². The highest BCUT2D eigenvalue weighted by Crippen LogP contribution is 2.40. The Labute approximate surface area is 248 Å². The first-order chi connectivity index (χ1) is 20.9. The van der Waals surface area contributed by atoms with Crippen LogP contribution in [0.3, 0.4) is 0 Å². The fourth-order valence-corrected chi connectivity index (χ4v) is 5.88. The lowest BCUT2D eigenvalue weighted by Crippen LogP contribution is -2.49. The Kier molecular flexibility index (Phi) is 7.71. The largest absolute Gasteiger partial charge is 0.494 e. The van der Waals surface area contributed by atoms with Gasteiger partial charge in [-0.15, -0.1) is 0 Å². The van der Waals surface area contributed by atoms with Crippen molar-refractivity contribution in [1.82, 2.24) is 24.8 Å². The van der Waals surface area contributed by atoms with Crippen LogP contribution in [0, 0.1) is 5.82 Å². The molecule has 10 nitrogen and oxygen atoms in total. The number of anilines is 1. The summed E-state index contributed by atoms with van der Waals surface area (Å²) in [5.74, 6) is 1.22. The molecule has 3 aromatic heterocycles. The average Bonchev–Trinajstić information content (AvgIpc) is 3.51. The molecule has 0 atom stereocenters. The quantitative estimate of drug-likeness (QED) is 0.359. The minimum absolute atomic E-state index is 0.0579. The normalized spacial score (nSPS) is 15.4. The van der Waals surface area contributed by atoms with E-state index in [4.69, 9.17) is 9.47 Å². The number of aromatic amines is 1. The van der Waals surface area contributed by atoms with Gasteiger partial charge in [0.2, 0.25) is 5.91 Å². The molecule has 0 unspecified atom stereocenters. The summed E-state index contributed by atoms with van der Waals surface area (Å²) < 4.78 is 27.4. The van der Waals surface area contributed by atoms with Crippen molar-refractivity contribution in [2.45, 2.75) is 13.3 Å². The predicted octanol–water partition coefficient (Wildman–Crippen LogP) is 4.38. The zero-order chi connectivity index (χ0) is 30.1. The van der Waals surface area contributed by atoms with Crippen molar-refractivity contribution in [2.24, 2.45) is 0 Å². The van der Waals surface area contributed by atoms with E-state index in [0.29, 0.717) is 79.4 Å². The van der Waals surface area contributed by atoms with Crippen molar-refractivity contribution in [2.75, 3.05) is 58.4 Å². The molecule has 4 aromatic rings. The van der Waals surface area contributed by atoms with Crippen molar-refractivity contribution in [3.05, 3.63) is 72.1 Å². The number of hydrogen-bond donors (Lipinski definition) is 1. The number of halogens is 1. The van der Waals surface area contributed by atoms with E-state index in [0.717, 1.165) is 17.0 Å². The van der Waals surface area contributed by atoms with Crippen molar-refractivity contribution < 1.29 is 23.5 Å². The number of H-pyrrole nitrogens is 1. The topological polar surface area (TPSA) is 104 Å². The molecule has 2 aliphatic rings. The van der Waals surface area contributed by atoms with Gasteiger partial charge in [0.25, 0.3) is 5.91 Å². The zero-order valence-corrected chi connectivity index (χ0v) is 24.4. The lowest BCUT2D eigenvalue weighted by molar-refractivity contribution is -0.128. The number of methoxy groups -OCH3 is 2. The molecule has 0 bridgehead atoms. The van der Waals surface area contributed by atoms with Crippen LogP contribution >= 0.6 is 0 Å². The van der Waals surface area contributed by atoms with Gasteiger partial charge in [0.05, 0.1) is 25.9 Å². The number of carbonyl (C=O) groups is 2. The average molecular weight is 585 g/mol. The standard InChI is InChI=1S/C32H33FN6O4/c1-20(40)39-11-5-6-21(19-39)23-16-24(22-8-10-34-18-28(22)43-3)25-17-26(36-30(25)29(23)33)32(41)38-14-12-37(13-15-38)31-27(42-2)7-4-9-35-31/h4,6-10,16-18,36H,5,11-15,19H2,1-3H3. The first-order valence-corrected chi connectivity index (χ1v) is 14.2. The van der Waals surface area contributed by atoms with E-state index in [1.165, 1.54) is 6.92 Å². The molecule has 6 rings (SSSR count). The van der Waals surface area contributed by atoms with Gasteiger partial charge in [-0.2, -0.15) is 0 Å². The zero-order valence-electron chi connectivity index (χ0n) is 24.4. The molecule has 0 aliphatic carbocycles. The Bertz CT molecular complexity index is 1730. The molecule has 2 amide bonds. The number of nitrogens with zero attached hydrogens (tertiary/aromatic N) is 5. The Hall–Kier alpha value is -4.93. The first-order valence-electron chi connectivity index (χ1n) is 14.2. The molecule has 5 heterocycles. The number of piperazine rings is 1. The first kappa shape index (κ1) is 28.2. The third kappa shape index (κ3) is 5.26. The summed E-state index contributed by atoms with van der Waals surface area (Å²) in [6, 6.07) is 9.00. The highest BCUT2D eigenvalue weighted by Gasteiger charge is 2.28. The third-order valence-corrected chi connectivity index (χ3v) is 8.16. The Morgan fingerprint density at radius 2 is 1.72 bits per heavy atom. The molecular weight excluding hydrogens is 551 g/mol. The fraction of sp³-hybridized carbons (Fsp3) is 0.312. The second-order valence-electron chi connectivity index (χ2n) is 10.6. The highest BCUT2D eigenvalue weighted by atomic mass is 19.1. The molecule has 1 aromatic carbocycles. The summed E-state index contributed by atoms with van der Waals surface area (Å²) in [4.78, 5) is 43.2. The monoisotopic (exact) mass is 584 g/mol. The van der Waals surface area contributed by atoms with Gasteiger partial charge < -0.3 is 29.2 Å². The second-order valence-corrected chi connectivity index (χ2v) is 10.6. The van der Waals surface area contributed by atoms with Crippen LogP contribution in [0.2, 0.25) is 0 Å². The predicted molar refractivity (Wildman–Crippen MR) is 162 cm³/mol. The van der Waals surface area contributed by atoms with Crippen molar-refractivity contribution >= 4 is 34.1 Å². The van der Waals surface area contributed by atoms with Crippen LogP contribution in [0.5, 0.6) is 11.5 Å². The number of amides is 2. The number of ether oxygens (including phenoxy) is 2. The van der Waals surface area contributed by atoms with Gasteiger partial charge in [-0.3, -0.25) is 14.6 Å². The lowest BCUT2D eigenvalue weighted by atomic mass is 9.93. The maximum absolute atomic E-state index is 16.3. The highest BCUT2D eigenvalue weighted by molar-refractivity contribution is 6.05. The molecule has 0 saturated carbocycles. The Morgan fingerprint density at radius 1 is 0.930 bits per heavy atom. The number of nitrogens with one attached hydrogen (secondary N) is 1. The van der Waals surface area contributed by atoms with Gasteiger partial charge in [0.1, 0.15) is 11.4 Å². The molecule has 1 saturated heterocycles. The molecule has 0 radical (unpaired) electrons. The Balaban J connectivity index is 1.37. The van der Waals surface area contributed by atoms with E-state index in [1.807, 2.05) is 24.3 Å². The number of hydrogen-bond acceptors (Lipinski definition) is 7. The molecular formula is C32H33FN6O4. The second kappa shape index (κ2) is 11.7. The van der Waals surface area contributed by atoms with E-state index in [2.05, 4.69) is 19.9 Å². The van der Waals surface area contributed by atoms with Crippen LogP contribution < -0.4 is 14.4 Å². The molecule has 222 valence electrons. The third-order valence-electron chi connectivity index (χ3n) is 8.16. The van der Waals surface area contributed by atoms with Gasteiger partial charge in [0, 0.05) is 75.1 Å². The van der Waals surface area contributed by atoms with E-state index in [9.17, 15) is 9.59 Å². The van der Waals surface area contributed by atoms with E-state index in [1.54, 1.807) is 54.7 Å². The van der Waals surface area contributed by atoms with E-state index >= 15 is 4.39 Å². The van der Waals surface area contributed by atoms with Gasteiger partial charge in [-0.1, -0.05) is 6.08 Å². The van der Waals surface area contributed by atoms with Crippen molar-refractivity contribution in [1.29, 1.82) is 0 Å². The molecule has 43 heavy (non-hydrogen) atoms. The molecule has 1 N–H and O–H groups in total. The fourth-order valence-electron chi connectivity index (χ4n) is 5.88. The number of benzene rings is 1. The minimum atomic E-state index is -0.463.